The van der Waals surface area contributed by atoms with Crippen LogP contribution in [0.1, 0.15) is 11.1 Å². The molecule has 1 aromatic rings. The van der Waals surface area contributed by atoms with Gasteiger partial charge < -0.3 is 0 Å². The lowest BCUT2D eigenvalue weighted by molar-refractivity contribution is 0.294. The minimum absolute atomic E-state index is 0.140. The first-order valence-electron chi connectivity index (χ1n) is 6.23. The normalized spacial score (nSPS) is 15.3. The van der Waals surface area contributed by atoms with Gasteiger partial charge in [0.25, 0.3) is 0 Å². The molecule has 0 aromatic heterocycles. The van der Waals surface area contributed by atoms with Gasteiger partial charge in [-0.15, -0.1) is 0 Å². The fourth-order valence-electron chi connectivity index (χ4n) is 1.99. The van der Waals surface area contributed by atoms with Crippen LogP contribution in [0.2, 0.25) is 0 Å². The van der Waals surface area contributed by atoms with Crippen molar-refractivity contribution in [2.75, 3.05) is 24.6 Å². The van der Waals surface area contributed by atoms with Crippen LogP contribution < -0.4 is 0 Å². The van der Waals surface area contributed by atoms with Crippen molar-refractivity contribution in [3.8, 4) is 12.1 Å². The van der Waals surface area contributed by atoms with E-state index >= 15 is 0 Å². The predicted molar refractivity (Wildman–Crippen MR) is 78.2 cm³/mol. The lowest BCUT2D eigenvalue weighted by Crippen LogP contribution is -2.31. The summed E-state index contributed by atoms with van der Waals surface area (Å²) in [6, 6.07) is 11.8. The second-order valence-corrected chi connectivity index (χ2v) is 5.64. The second-order valence-electron chi connectivity index (χ2n) is 4.41. The van der Waals surface area contributed by atoms with Gasteiger partial charge in [-0.2, -0.15) is 22.3 Å². The van der Waals surface area contributed by atoms with Crippen molar-refractivity contribution in [2.24, 2.45) is 0 Å². The van der Waals surface area contributed by atoms with Crippen molar-refractivity contribution in [2.45, 2.75) is 6.54 Å². The molecule has 0 amide bonds. The van der Waals surface area contributed by atoms with Crippen LogP contribution >= 0.6 is 11.8 Å². The van der Waals surface area contributed by atoms with Crippen molar-refractivity contribution < 1.29 is 0 Å². The molecule has 1 saturated heterocycles. The number of benzene rings is 1. The second kappa shape index (κ2) is 6.99. The fourth-order valence-corrected chi connectivity index (χ4v) is 2.97. The largest absolute Gasteiger partial charge is 0.297 e. The average Bonchev–Trinajstić information content (AvgIpc) is 2.47. The van der Waals surface area contributed by atoms with Crippen LogP contribution in [0.5, 0.6) is 0 Å². The molecule has 0 bridgehead atoms. The Labute approximate surface area is 118 Å². The van der Waals surface area contributed by atoms with Crippen molar-refractivity contribution in [1.29, 1.82) is 10.5 Å². The molecule has 1 fully saturated rings. The lowest BCUT2D eigenvalue weighted by atomic mass is 10.1. The van der Waals surface area contributed by atoms with Gasteiger partial charge in [-0.1, -0.05) is 24.3 Å². The number of allylic oxidation sites excluding steroid dienone is 1. The highest BCUT2D eigenvalue weighted by molar-refractivity contribution is 7.99. The van der Waals surface area contributed by atoms with E-state index in [4.69, 9.17) is 10.5 Å². The van der Waals surface area contributed by atoms with Gasteiger partial charge in [-0.25, -0.2) is 0 Å². The molecule has 0 radical (unpaired) electrons. The Bertz CT molecular complexity index is 512. The van der Waals surface area contributed by atoms with Crippen LogP contribution in [-0.4, -0.2) is 29.5 Å². The molecule has 3 nitrogen and oxygen atoms in total. The van der Waals surface area contributed by atoms with E-state index in [9.17, 15) is 0 Å². The third-order valence-corrected chi connectivity index (χ3v) is 3.98. The van der Waals surface area contributed by atoms with Crippen molar-refractivity contribution in [3.05, 3.63) is 41.0 Å². The maximum Gasteiger partial charge on any atom is 0.130 e. The molecule has 0 saturated carbocycles. The van der Waals surface area contributed by atoms with Crippen LogP contribution in [0, 0.1) is 22.7 Å². The van der Waals surface area contributed by atoms with Crippen molar-refractivity contribution in [1.82, 2.24) is 4.90 Å². The van der Waals surface area contributed by atoms with Gasteiger partial charge in [-0.3, -0.25) is 4.90 Å². The summed E-state index contributed by atoms with van der Waals surface area (Å²) in [6.45, 7) is 3.28. The molecule has 96 valence electrons. The standard InChI is InChI=1S/C15H15N3S/c16-10-15(11-17)9-13-1-3-14(4-2-13)12-18-5-7-19-8-6-18/h1-4,9H,5-8,12H2. The van der Waals surface area contributed by atoms with Crippen LogP contribution in [-0.2, 0) is 6.54 Å². The number of hydrogen-bond acceptors (Lipinski definition) is 4. The topological polar surface area (TPSA) is 50.8 Å². The molecule has 0 atom stereocenters. The first-order valence-corrected chi connectivity index (χ1v) is 7.38. The molecule has 1 aliphatic heterocycles. The third kappa shape index (κ3) is 4.13. The Kier molecular flexibility index (Phi) is 5.03. The summed E-state index contributed by atoms with van der Waals surface area (Å²) in [5.41, 5.74) is 2.32. The summed E-state index contributed by atoms with van der Waals surface area (Å²) in [4.78, 5) is 2.46. The highest BCUT2D eigenvalue weighted by atomic mass is 32.2. The van der Waals surface area contributed by atoms with Crippen LogP contribution in [0.25, 0.3) is 6.08 Å². The number of rotatable bonds is 3. The van der Waals surface area contributed by atoms with E-state index < -0.39 is 0 Å². The van der Waals surface area contributed by atoms with Crippen LogP contribution in [0.3, 0.4) is 0 Å². The van der Waals surface area contributed by atoms with Crippen molar-refractivity contribution >= 4 is 17.8 Å². The average molecular weight is 269 g/mol. The summed E-state index contributed by atoms with van der Waals surface area (Å²) in [7, 11) is 0. The van der Waals surface area contributed by atoms with E-state index in [1.165, 1.54) is 17.1 Å². The summed E-state index contributed by atoms with van der Waals surface area (Å²) < 4.78 is 0. The maximum atomic E-state index is 8.71. The molecule has 19 heavy (non-hydrogen) atoms. The highest BCUT2D eigenvalue weighted by Crippen LogP contribution is 2.14. The summed E-state index contributed by atoms with van der Waals surface area (Å²) in [6.07, 6.45) is 1.61. The molecular formula is C15H15N3S. The van der Waals surface area contributed by atoms with E-state index in [0.29, 0.717) is 0 Å². The Morgan fingerprint density at radius 1 is 1.16 bits per heavy atom. The van der Waals surface area contributed by atoms with Gasteiger partial charge in [0.15, 0.2) is 0 Å². The van der Waals surface area contributed by atoms with Gasteiger partial charge in [0, 0.05) is 31.1 Å². The molecule has 0 spiro atoms. The zero-order valence-electron chi connectivity index (χ0n) is 10.7. The molecule has 0 unspecified atom stereocenters. The van der Waals surface area contributed by atoms with Gasteiger partial charge >= 0.3 is 0 Å². The van der Waals surface area contributed by atoms with Crippen molar-refractivity contribution in [3.63, 3.8) is 0 Å². The summed E-state index contributed by atoms with van der Waals surface area (Å²) in [5, 5.41) is 17.4. The molecule has 4 heteroatoms. The summed E-state index contributed by atoms with van der Waals surface area (Å²) in [5.74, 6) is 2.43. The Hall–Kier alpha value is -1.75. The van der Waals surface area contributed by atoms with Gasteiger partial charge in [0.2, 0.25) is 0 Å². The Balaban J connectivity index is 2.00. The zero-order chi connectivity index (χ0) is 13.5. The minimum atomic E-state index is 0.140. The van der Waals surface area contributed by atoms with Gasteiger partial charge in [0.1, 0.15) is 17.7 Å². The first kappa shape index (κ1) is 13.7. The van der Waals surface area contributed by atoms with Gasteiger partial charge in [0.05, 0.1) is 0 Å². The first-order chi connectivity index (χ1) is 9.31. The maximum absolute atomic E-state index is 8.71. The monoisotopic (exact) mass is 269 g/mol. The molecule has 1 aromatic carbocycles. The van der Waals surface area contributed by atoms with E-state index in [1.54, 1.807) is 6.08 Å². The quantitative estimate of drug-likeness (QED) is 0.792. The SMILES string of the molecule is N#CC(C#N)=Cc1ccc(CN2CCSCC2)cc1. The number of nitriles is 2. The minimum Gasteiger partial charge on any atom is -0.297 e. The van der Waals surface area contributed by atoms with Crippen LogP contribution in [0.4, 0.5) is 0 Å². The molecule has 0 N–H and O–H groups in total. The Morgan fingerprint density at radius 2 is 1.79 bits per heavy atom. The number of thioether (sulfide) groups is 1. The van der Waals surface area contributed by atoms with Gasteiger partial charge in [-0.05, 0) is 17.2 Å². The number of nitrogens with zero attached hydrogens (tertiary/aromatic N) is 3. The third-order valence-electron chi connectivity index (χ3n) is 3.04. The summed E-state index contributed by atoms with van der Waals surface area (Å²) >= 11 is 2.01. The molecule has 1 heterocycles. The smallest absolute Gasteiger partial charge is 0.130 e. The molecule has 0 aliphatic carbocycles. The predicted octanol–water partition coefficient (Wildman–Crippen LogP) is 2.67. The van der Waals surface area contributed by atoms with E-state index in [2.05, 4.69) is 17.0 Å². The molecular weight excluding hydrogens is 254 g/mol. The fraction of sp³-hybridized carbons (Fsp3) is 0.333. The highest BCUT2D eigenvalue weighted by Gasteiger charge is 2.10. The van der Waals surface area contributed by atoms with E-state index in [0.717, 1.165) is 25.2 Å². The Morgan fingerprint density at radius 3 is 2.37 bits per heavy atom. The van der Waals surface area contributed by atoms with E-state index in [1.807, 2.05) is 36.0 Å². The number of hydrogen-bond donors (Lipinski definition) is 0. The zero-order valence-corrected chi connectivity index (χ0v) is 11.5. The van der Waals surface area contributed by atoms with E-state index in [-0.39, 0.29) is 5.57 Å². The molecule has 2 rings (SSSR count). The molecule has 1 aliphatic rings. The lowest BCUT2D eigenvalue weighted by Gasteiger charge is -2.26. The van der Waals surface area contributed by atoms with Crippen LogP contribution in [0.15, 0.2) is 29.8 Å².